The van der Waals surface area contributed by atoms with E-state index in [1.54, 1.807) is 6.92 Å². The van der Waals surface area contributed by atoms with E-state index in [1.807, 2.05) is 18.2 Å². The minimum Gasteiger partial charge on any atom is -0.393 e. The zero-order valence-corrected chi connectivity index (χ0v) is 11.0. The SMILES string of the molecule is CC(O)CCNCc1ccc(Br)cc1Cl. The molecule has 84 valence electrons. The fourth-order valence-electron chi connectivity index (χ4n) is 1.20. The molecule has 1 aromatic carbocycles. The van der Waals surface area contributed by atoms with E-state index < -0.39 is 0 Å². The minimum atomic E-state index is -0.252. The van der Waals surface area contributed by atoms with Crippen LogP contribution in [0.2, 0.25) is 5.02 Å². The van der Waals surface area contributed by atoms with E-state index >= 15 is 0 Å². The molecule has 0 saturated heterocycles. The van der Waals surface area contributed by atoms with Gasteiger partial charge in [-0.05, 0) is 37.6 Å². The van der Waals surface area contributed by atoms with Crippen LogP contribution in [0.1, 0.15) is 18.9 Å². The third-order valence-electron chi connectivity index (χ3n) is 2.07. The third kappa shape index (κ3) is 4.98. The number of aliphatic hydroxyl groups excluding tert-OH is 1. The van der Waals surface area contributed by atoms with Gasteiger partial charge in [0.2, 0.25) is 0 Å². The summed E-state index contributed by atoms with van der Waals surface area (Å²) in [4.78, 5) is 0. The summed E-state index contributed by atoms with van der Waals surface area (Å²) in [7, 11) is 0. The lowest BCUT2D eigenvalue weighted by atomic mass is 10.2. The smallest absolute Gasteiger partial charge is 0.0524 e. The van der Waals surface area contributed by atoms with Crippen molar-refractivity contribution in [3.8, 4) is 0 Å². The molecule has 15 heavy (non-hydrogen) atoms. The molecule has 1 rings (SSSR count). The predicted octanol–water partition coefficient (Wildman–Crippen LogP) is 2.96. The molecule has 0 aliphatic heterocycles. The summed E-state index contributed by atoms with van der Waals surface area (Å²) in [6, 6.07) is 5.84. The van der Waals surface area contributed by atoms with E-state index in [1.165, 1.54) is 0 Å². The van der Waals surface area contributed by atoms with Crippen LogP contribution in [-0.2, 0) is 6.54 Å². The summed E-state index contributed by atoms with van der Waals surface area (Å²) in [5, 5.41) is 13.1. The molecule has 0 bridgehead atoms. The number of hydrogen-bond donors (Lipinski definition) is 2. The van der Waals surface area contributed by atoms with E-state index in [4.69, 9.17) is 16.7 Å². The Morgan fingerprint density at radius 3 is 2.87 bits per heavy atom. The largest absolute Gasteiger partial charge is 0.393 e. The molecular formula is C11H15BrClNO. The van der Waals surface area contributed by atoms with Gasteiger partial charge in [-0.25, -0.2) is 0 Å². The Balaban J connectivity index is 2.37. The van der Waals surface area contributed by atoms with Crippen molar-refractivity contribution in [1.82, 2.24) is 5.32 Å². The molecule has 2 N–H and O–H groups in total. The third-order valence-corrected chi connectivity index (χ3v) is 2.91. The molecule has 0 spiro atoms. The molecule has 0 saturated carbocycles. The molecule has 1 atom stereocenters. The van der Waals surface area contributed by atoms with Crippen LogP contribution in [0.3, 0.4) is 0 Å². The number of aliphatic hydroxyl groups is 1. The van der Waals surface area contributed by atoms with Crippen molar-refractivity contribution >= 4 is 27.5 Å². The molecule has 4 heteroatoms. The van der Waals surface area contributed by atoms with E-state index in [0.29, 0.717) is 0 Å². The Hall–Kier alpha value is -0.0900. The molecule has 1 aromatic rings. The Bertz CT molecular complexity index is 317. The summed E-state index contributed by atoms with van der Waals surface area (Å²) < 4.78 is 0.986. The van der Waals surface area contributed by atoms with Crippen molar-refractivity contribution in [2.75, 3.05) is 6.54 Å². The van der Waals surface area contributed by atoms with Crippen LogP contribution >= 0.6 is 27.5 Å². The lowest BCUT2D eigenvalue weighted by Crippen LogP contribution is -2.18. The maximum atomic E-state index is 9.07. The summed E-state index contributed by atoms with van der Waals surface area (Å²) in [5.41, 5.74) is 1.07. The van der Waals surface area contributed by atoms with Crippen LogP contribution < -0.4 is 5.32 Å². The van der Waals surface area contributed by atoms with Crippen molar-refractivity contribution in [3.63, 3.8) is 0 Å². The van der Waals surface area contributed by atoms with Crippen molar-refractivity contribution in [2.45, 2.75) is 26.0 Å². The highest BCUT2D eigenvalue weighted by Crippen LogP contribution is 2.20. The first kappa shape index (κ1) is 13.0. The van der Waals surface area contributed by atoms with Gasteiger partial charge in [-0.1, -0.05) is 33.6 Å². The first-order chi connectivity index (χ1) is 7.09. The van der Waals surface area contributed by atoms with Gasteiger partial charge in [0.05, 0.1) is 6.10 Å². The molecular weight excluding hydrogens is 277 g/mol. The van der Waals surface area contributed by atoms with Gasteiger partial charge in [0.15, 0.2) is 0 Å². The van der Waals surface area contributed by atoms with Crippen molar-refractivity contribution in [2.24, 2.45) is 0 Å². The van der Waals surface area contributed by atoms with Gasteiger partial charge in [-0.15, -0.1) is 0 Å². The van der Waals surface area contributed by atoms with E-state index in [2.05, 4.69) is 21.2 Å². The van der Waals surface area contributed by atoms with E-state index in [9.17, 15) is 0 Å². The van der Waals surface area contributed by atoms with Crippen molar-refractivity contribution < 1.29 is 5.11 Å². The topological polar surface area (TPSA) is 32.3 Å². The highest BCUT2D eigenvalue weighted by Gasteiger charge is 2.01. The summed E-state index contributed by atoms with van der Waals surface area (Å²) in [6.07, 6.45) is 0.506. The Labute approximate surface area is 104 Å². The van der Waals surface area contributed by atoms with Gasteiger partial charge in [0, 0.05) is 16.0 Å². The molecule has 0 amide bonds. The average molecular weight is 293 g/mol. The first-order valence-corrected chi connectivity index (χ1v) is 6.09. The second kappa shape index (κ2) is 6.48. The fourth-order valence-corrected chi connectivity index (χ4v) is 1.94. The lowest BCUT2D eigenvalue weighted by molar-refractivity contribution is 0.183. The van der Waals surface area contributed by atoms with Gasteiger partial charge in [-0.3, -0.25) is 0 Å². The maximum Gasteiger partial charge on any atom is 0.0524 e. The van der Waals surface area contributed by atoms with Crippen LogP contribution in [-0.4, -0.2) is 17.8 Å². The molecule has 1 unspecified atom stereocenters. The number of halogens is 2. The zero-order chi connectivity index (χ0) is 11.3. The Kier molecular flexibility index (Phi) is 5.61. The number of rotatable bonds is 5. The summed E-state index contributed by atoms with van der Waals surface area (Å²) >= 11 is 9.41. The lowest BCUT2D eigenvalue weighted by Gasteiger charge is -2.08. The normalized spacial score (nSPS) is 12.8. The number of nitrogens with one attached hydrogen (secondary N) is 1. The highest BCUT2D eigenvalue weighted by atomic mass is 79.9. The van der Waals surface area contributed by atoms with E-state index in [-0.39, 0.29) is 6.10 Å². The second-order valence-corrected chi connectivity index (χ2v) is 4.87. The molecule has 0 aromatic heterocycles. The summed E-state index contributed by atoms with van der Waals surface area (Å²) in [6.45, 7) is 3.32. The Morgan fingerprint density at radius 2 is 2.27 bits per heavy atom. The van der Waals surface area contributed by atoms with Crippen molar-refractivity contribution in [3.05, 3.63) is 33.3 Å². The van der Waals surface area contributed by atoms with Gasteiger partial charge in [0.1, 0.15) is 0 Å². The molecule has 0 heterocycles. The van der Waals surface area contributed by atoms with Gasteiger partial charge in [-0.2, -0.15) is 0 Å². The van der Waals surface area contributed by atoms with Gasteiger partial charge < -0.3 is 10.4 Å². The van der Waals surface area contributed by atoms with Gasteiger partial charge in [0.25, 0.3) is 0 Å². The van der Waals surface area contributed by atoms with Crippen LogP contribution in [0.4, 0.5) is 0 Å². The highest BCUT2D eigenvalue weighted by molar-refractivity contribution is 9.10. The minimum absolute atomic E-state index is 0.252. The quantitative estimate of drug-likeness (QED) is 0.818. The maximum absolute atomic E-state index is 9.07. The van der Waals surface area contributed by atoms with Crippen molar-refractivity contribution in [1.29, 1.82) is 0 Å². The van der Waals surface area contributed by atoms with Crippen LogP contribution in [0, 0.1) is 0 Å². The fraction of sp³-hybridized carbons (Fsp3) is 0.455. The second-order valence-electron chi connectivity index (χ2n) is 3.55. The predicted molar refractivity (Wildman–Crippen MR) is 67.2 cm³/mol. The molecule has 0 aliphatic carbocycles. The summed E-state index contributed by atoms with van der Waals surface area (Å²) in [5.74, 6) is 0. The van der Waals surface area contributed by atoms with Gasteiger partial charge >= 0.3 is 0 Å². The van der Waals surface area contributed by atoms with Crippen LogP contribution in [0.15, 0.2) is 22.7 Å². The standard InChI is InChI=1S/C11H15BrClNO/c1-8(15)4-5-14-7-9-2-3-10(12)6-11(9)13/h2-3,6,8,14-15H,4-5,7H2,1H3. The van der Waals surface area contributed by atoms with Crippen LogP contribution in [0.5, 0.6) is 0 Å². The number of benzene rings is 1. The number of hydrogen-bond acceptors (Lipinski definition) is 2. The molecule has 0 radical (unpaired) electrons. The monoisotopic (exact) mass is 291 g/mol. The zero-order valence-electron chi connectivity index (χ0n) is 8.63. The molecule has 2 nitrogen and oxygen atoms in total. The first-order valence-electron chi connectivity index (χ1n) is 4.92. The van der Waals surface area contributed by atoms with E-state index in [0.717, 1.165) is 34.6 Å². The van der Waals surface area contributed by atoms with Crippen LogP contribution in [0.25, 0.3) is 0 Å². The average Bonchev–Trinajstić information content (AvgIpc) is 2.14. The Morgan fingerprint density at radius 1 is 1.53 bits per heavy atom. The molecule has 0 aliphatic rings. The molecule has 0 fully saturated rings.